The third-order valence-electron chi connectivity index (χ3n) is 3.63. The van der Waals surface area contributed by atoms with Crippen LogP contribution in [-0.2, 0) is 19.4 Å². The maximum Gasteiger partial charge on any atom is 0.0314 e. The number of benzene rings is 2. The highest BCUT2D eigenvalue weighted by molar-refractivity contribution is 5.39. The first-order valence-corrected chi connectivity index (χ1v) is 6.46. The van der Waals surface area contributed by atoms with E-state index in [1.807, 2.05) is 12.1 Å². The third-order valence-corrected chi connectivity index (χ3v) is 3.63. The van der Waals surface area contributed by atoms with Crippen LogP contribution >= 0.6 is 0 Å². The van der Waals surface area contributed by atoms with Crippen molar-refractivity contribution in [2.45, 2.75) is 25.4 Å². The fourth-order valence-electron chi connectivity index (χ4n) is 2.60. The molecular weight excluding hydrogens is 220 g/mol. The van der Waals surface area contributed by atoms with E-state index in [4.69, 9.17) is 5.73 Å². The smallest absolute Gasteiger partial charge is 0.0314 e. The Kier molecular flexibility index (Phi) is 3.03. The van der Waals surface area contributed by atoms with Crippen molar-refractivity contribution in [2.75, 3.05) is 5.73 Å². The lowest BCUT2D eigenvalue weighted by molar-refractivity contribution is 0.533. The molecular formula is C16H18N2. The van der Waals surface area contributed by atoms with E-state index >= 15 is 0 Å². The number of nitrogens with two attached hydrogens (primary N) is 1. The van der Waals surface area contributed by atoms with Gasteiger partial charge in [0.1, 0.15) is 0 Å². The molecule has 0 radical (unpaired) electrons. The van der Waals surface area contributed by atoms with Crippen molar-refractivity contribution >= 4 is 5.69 Å². The molecule has 18 heavy (non-hydrogen) atoms. The summed E-state index contributed by atoms with van der Waals surface area (Å²) < 4.78 is 0. The summed E-state index contributed by atoms with van der Waals surface area (Å²) in [4.78, 5) is 0. The van der Waals surface area contributed by atoms with Gasteiger partial charge in [0.15, 0.2) is 0 Å². The second-order valence-electron chi connectivity index (χ2n) is 5.00. The molecule has 0 atom stereocenters. The van der Waals surface area contributed by atoms with Crippen molar-refractivity contribution in [2.24, 2.45) is 0 Å². The molecule has 0 saturated heterocycles. The molecule has 0 aliphatic heterocycles. The minimum Gasteiger partial charge on any atom is -0.399 e. The van der Waals surface area contributed by atoms with Crippen molar-refractivity contribution in [3.8, 4) is 0 Å². The molecule has 0 heterocycles. The SMILES string of the molecule is Nc1ccc(CNC2Cc3ccccc3C2)cc1. The van der Waals surface area contributed by atoms with Gasteiger partial charge in [-0.25, -0.2) is 0 Å². The minimum absolute atomic E-state index is 0.569. The molecule has 0 fully saturated rings. The highest BCUT2D eigenvalue weighted by atomic mass is 14.9. The zero-order valence-electron chi connectivity index (χ0n) is 10.4. The van der Waals surface area contributed by atoms with Gasteiger partial charge >= 0.3 is 0 Å². The number of hydrogen-bond acceptors (Lipinski definition) is 2. The molecule has 1 aliphatic carbocycles. The van der Waals surface area contributed by atoms with Crippen LogP contribution in [0.1, 0.15) is 16.7 Å². The van der Waals surface area contributed by atoms with Crippen LogP contribution in [0.3, 0.4) is 0 Å². The monoisotopic (exact) mass is 238 g/mol. The molecule has 0 bridgehead atoms. The van der Waals surface area contributed by atoms with Gasteiger partial charge in [-0.05, 0) is 41.7 Å². The van der Waals surface area contributed by atoms with E-state index in [9.17, 15) is 0 Å². The molecule has 0 unspecified atom stereocenters. The lowest BCUT2D eigenvalue weighted by Crippen LogP contribution is -2.28. The lowest BCUT2D eigenvalue weighted by atomic mass is 10.1. The van der Waals surface area contributed by atoms with Crippen LogP contribution in [0, 0.1) is 0 Å². The van der Waals surface area contributed by atoms with Gasteiger partial charge in [-0.2, -0.15) is 0 Å². The minimum atomic E-state index is 0.569. The average molecular weight is 238 g/mol. The largest absolute Gasteiger partial charge is 0.399 e. The van der Waals surface area contributed by atoms with Crippen molar-refractivity contribution in [1.82, 2.24) is 5.32 Å². The molecule has 3 rings (SSSR count). The number of nitrogens with one attached hydrogen (secondary N) is 1. The molecule has 2 aromatic carbocycles. The van der Waals surface area contributed by atoms with E-state index in [-0.39, 0.29) is 0 Å². The molecule has 0 spiro atoms. The normalized spacial score (nSPS) is 14.7. The Labute approximate surface area is 108 Å². The first kappa shape index (κ1) is 11.3. The van der Waals surface area contributed by atoms with Gasteiger partial charge in [0.25, 0.3) is 0 Å². The van der Waals surface area contributed by atoms with Gasteiger partial charge in [-0.3, -0.25) is 0 Å². The molecule has 0 amide bonds. The predicted molar refractivity (Wildman–Crippen MR) is 75.3 cm³/mol. The molecule has 0 aromatic heterocycles. The fourth-order valence-corrected chi connectivity index (χ4v) is 2.60. The van der Waals surface area contributed by atoms with Gasteiger partial charge in [0.2, 0.25) is 0 Å². The van der Waals surface area contributed by atoms with E-state index in [0.717, 1.165) is 25.1 Å². The van der Waals surface area contributed by atoms with E-state index < -0.39 is 0 Å². The van der Waals surface area contributed by atoms with Crippen molar-refractivity contribution in [3.63, 3.8) is 0 Å². The Morgan fingerprint density at radius 1 is 0.944 bits per heavy atom. The van der Waals surface area contributed by atoms with Gasteiger partial charge in [-0.1, -0.05) is 36.4 Å². The molecule has 2 heteroatoms. The summed E-state index contributed by atoms with van der Waals surface area (Å²) in [6.07, 6.45) is 2.29. The molecule has 1 aliphatic rings. The number of nitrogen functional groups attached to an aromatic ring is 1. The van der Waals surface area contributed by atoms with E-state index in [2.05, 4.69) is 41.7 Å². The quantitative estimate of drug-likeness (QED) is 0.806. The number of hydrogen-bond donors (Lipinski definition) is 2. The molecule has 2 aromatic rings. The lowest BCUT2D eigenvalue weighted by Gasteiger charge is -2.12. The summed E-state index contributed by atoms with van der Waals surface area (Å²) in [6.45, 7) is 0.916. The van der Waals surface area contributed by atoms with Gasteiger partial charge in [-0.15, -0.1) is 0 Å². The summed E-state index contributed by atoms with van der Waals surface area (Å²) in [5.74, 6) is 0. The van der Waals surface area contributed by atoms with Crippen molar-refractivity contribution in [3.05, 3.63) is 65.2 Å². The van der Waals surface area contributed by atoms with E-state index in [1.54, 1.807) is 0 Å². The number of rotatable bonds is 3. The van der Waals surface area contributed by atoms with Crippen LogP contribution < -0.4 is 11.1 Å². The van der Waals surface area contributed by atoms with Crippen LogP contribution in [-0.4, -0.2) is 6.04 Å². The summed E-state index contributed by atoms with van der Waals surface area (Å²) in [6, 6.07) is 17.4. The number of fused-ring (bicyclic) bond motifs is 1. The maximum absolute atomic E-state index is 5.68. The zero-order chi connectivity index (χ0) is 12.4. The summed E-state index contributed by atoms with van der Waals surface area (Å²) in [5.41, 5.74) is 10.8. The molecule has 0 saturated carbocycles. The number of anilines is 1. The topological polar surface area (TPSA) is 38.0 Å². The summed E-state index contributed by atoms with van der Waals surface area (Å²) in [5, 5.41) is 3.62. The zero-order valence-corrected chi connectivity index (χ0v) is 10.4. The highest BCUT2D eigenvalue weighted by Gasteiger charge is 2.19. The predicted octanol–water partition coefficient (Wildman–Crippen LogP) is 2.53. The van der Waals surface area contributed by atoms with Crippen molar-refractivity contribution in [1.29, 1.82) is 0 Å². The Morgan fingerprint density at radius 3 is 2.17 bits per heavy atom. The Bertz CT molecular complexity index is 506. The Hall–Kier alpha value is -1.80. The van der Waals surface area contributed by atoms with Gasteiger partial charge in [0, 0.05) is 18.3 Å². The van der Waals surface area contributed by atoms with Crippen LogP contribution in [0.25, 0.3) is 0 Å². The fraction of sp³-hybridized carbons (Fsp3) is 0.250. The van der Waals surface area contributed by atoms with E-state index in [0.29, 0.717) is 6.04 Å². The average Bonchev–Trinajstić information content (AvgIpc) is 2.81. The summed E-state index contributed by atoms with van der Waals surface area (Å²) in [7, 11) is 0. The standard InChI is InChI=1S/C16H18N2/c17-15-7-5-12(6-8-15)11-18-16-9-13-3-1-2-4-14(13)10-16/h1-8,16,18H,9-11,17H2. The van der Waals surface area contributed by atoms with Gasteiger partial charge < -0.3 is 11.1 Å². The van der Waals surface area contributed by atoms with Crippen LogP contribution in [0.5, 0.6) is 0 Å². The maximum atomic E-state index is 5.68. The molecule has 92 valence electrons. The van der Waals surface area contributed by atoms with Crippen LogP contribution in [0.15, 0.2) is 48.5 Å². The highest BCUT2D eigenvalue weighted by Crippen LogP contribution is 2.21. The van der Waals surface area contributed by atoms with Crippen LogP contribution in [0.2, 0.25) is 0 Å². The Morgan fingerprint density at radius 2 is 1.56 bits per heavy atom. The van der Waals surface area contributed by atoms with Gasteiger partial charge in [0.05, 0.1) is 0 Å². The molecule has 2 nitrogen and oxygen atoms in total. The second kappa shape index (κ2) is 4.83. The van der Waals surface area contributed by atoms with Crippen LogP contribution in [0.4, 0.5) is 5.69 Å². The Balaban J connectivity index is 1.58. The molecule has 3 N–H and O–H groups in total. The third kappa shape index (κ3) is 2.39. The first-order valence-electron chi connectivity index (χ1n) is 6.46. The van der Waals surface area contributed by atoms with E-state index in [1.165, 1.54) is 16.7 Å². The summed E-state index contributed by atoms with van der Waals surface area (Å²) >= 11 is 0. The first-order chi connectivity index (χ1) is 8.81. The van der Waals surface area contributed by atoms with Crippen molar-refractivity contribution < 1.29 is 0 Å². The second-order valence-corrected chi connectivity index (χ2v) is 5.00.